The Bertz CT molecular complexity index is 1210. The van der Waals surface area contributed by atoms with E-state index in [1.165, 1.54) is 17.3 Å². The van der Waals surface area contributed by atoms with Crippen LogP contribution in [0.5, 0.6) is 11.5 Å². The number of para-hydroxylation sites is 1. The van der Waals surface area contributed by atoms with Gasteiger partial charge in [-0.15, -0.1) is 0 Å². The third kappa shape index (κ3) is 4.78. The minimum Gasteiger partial charge on any atom is -0.493 e. The summed E-state index contributed by atoms with van der Waals surface area (Å²) in [7, 11) is 3.17. The second-order valence-electron chi connectivity index (χ2n) is 7.80. The standard InChI is InChI=1S/C25H26N4O5/c1-4-16-14-23(30)29(28-24(16)17-9-10-20(32-2)22(13-17)33-3)15-18-7-5-6-8-19(18)27-25(31)21-11-12-26-34-21/h5-13,16H,4,14-15H2,1-3H3,(H,27,31). The van der Waals surface area contributed by atoms with Gasteiger partial charge in [-0.25, -0.2) is 5.01 Å². The molecule has 2 aromatic carbocycles. The number of ether oxygens (including phenoxy) is 2. The highest BCUT2D eigenvalue weighted by molar-refractivity contribution is 6.06. The Morgan fingerprint density at radius 2 is 1.94 bits per heavy atom. The number of hydrogen-bond donors (Lipinski definition) is 1. The average molecular weight is 463 g/mol. The molecule has 2 amide bonds. The van der Waals surface area contributed by atoms with Crippen molar-refractivity contribution in [3.8, 4) is 11.5 Å². The van der Waals surface area contributed by atoms with Crippen LogP contribution in [0.15, 0.2) is 64.4 Å². The molecule has 176 valence electrons. The molecule has 0 saturated heterocycles. The average Bonchev–Trinajstić information content (AvgIpc) is 3.41. The molecule has 0 radical (unpaired) electrons. The molecule has 4 rings (SSSR count). The Kier molecular flexibility index (Phi) is 6.91. The van der Waals surface area contributed by atoms with Crippen molar-refractivity contribution in [2.75, 3.05) is 19.5 Å². The van der Waals surface area contributed by atoms with Gasteiger partial charge < -0.3 is 19.3 Å². The molecule has 3 aromatic rings. The van der Waals surface area contributed by atoms with E-state index in [0.29, 0.717) is 23.6 Å². The summed E-state index contributed by atoms with van der Waals surface area (Å²) < 4.78 is 15.7. The zero-order valence-electron chi connectivity index (χ0n) is 19.3. The number of carbonyl (C=O) groups is 2. The number of benzene rings is 2. The lowest BCUT2D eigenvalue weighted by molar-refractivity contribution is -0.133. The number of hydrazone groups is 1. The molecule has 0 aliphatic carbocycles. The van der Waals surface area contributed by atoms with E-state index in [4.69, 9.17) is 19.1 Å². The van der Waals surface area contributed by atoms with E-state index in [1.807, 2.05) is 43.3 Å². The highest BCUT2D eigenvalue weighted by atomic mass is 16.5. The lowest BCUT2D eigenvalue weighted by Crippen LogP contribution is -2.37. The lowest BCUT2D eigenvalue weighted by atomic mass is 9.89. The Hall–Kier alpha value is -4.14. The second kappa shape index (κ2) is 10.2. The van der Waals surface area contributed by atoms with E-state index >= 15 is 0 Å². The lowest BCUT2D eigenvalue weighted by Gasteiger charge is -2.30. The van der Waals surface area contributed by atoms with Crippen molar-refractivity contribution >= 4 is 23.2 Å². The summed E-state index contributed by atoms with van der Waals surface area (Å²) >= 11 is 0. The van der Waals surface area contributed by atoms with E-state index in [-0.39, 0.29) is 24.1 Å². The number of nitrogens with zero attached hydrogens (tertiary/aromatic N) is 3. The normalized spacial score (nSPS) is 15.6. The van der Waals surface area contributed by atoms with Crippen LogP contribution in [-0.2, 0) is 11.3 Å². The van der Waals surface area contributed by atoms with Gasteiger partial charge in [-0.1, -0.05) is 30.3 Å². The third-order valence-electron chi connectivity index (χ3n) is 5.74. The molecule has 1 aliphatic rings. The number of methoxy groups -OCH3 is 2. The first-order valence-corrected chi connectivity index (χ1v) is 10.9. The number of amides is 2. The number of anilines is 1. The zero-order chi connectivity index (χ0) is 24.1. The Balaban J connectivity index is 1.63. The van der Waals surface area contributed by atoms with E-state index in [1.54, 1.807) is 20.3 Å². The first-order valence-electron chi connectivity index (χ1n) is 10.9. The number of nitrogens with one attached hydrogen (secondary N) is 1. The molecule has 1 unspecified atom stereocenters. The Labute approximate surface area is 197 Å². The minimum atomic E-state index is -0.421. The Morgan fingerprint density at radius 3 is 2.65 bits per heavy atom. The van der Waals surface area contributed by atoms with Gasteiger partial charge in [-0.05, 0) is 36.2 Å². The summed E-state index contributed by atoms with van der Waals surface area (Å²) in [6.45, 7) is 2.25. The highest BCUT2D eigenvalue weighted by Gasteiger charge is 2.30. The molecule has 1 aliphatic heterocycles. The van der Waals surface area contributed by atoms with E-state index in [2.05, 4.69) is 10.5 Å². The quantitative estimate of drug-likeness (QED) is 0.540. The fourth-order valence-corrected chi connectivity index (χ4v) is 3.89. The van der Waals surface area contributed by atoms with Crippen molar-refractivity contribution < 1.29 is 23.6 Å². The monoisotopic (exact) mass is 462 g/mol. The van der Waals surface area contributed by atoms with E-state index in [0.717, 1.165) is 23.3 Å². The minimum absolute atomic E-state index is 0.0109. The van der Waals surface area contributed by atoms with Crippen molar-refractivity contribution in [1.29, 1.82) is 0 Å². The number of carbonyl (C=O) groups excluding carboxylic acids is 2. The van der Waals surface area contributed by atoms with Crippen LogP contribution in [0, 0.1) is 5.92 Å². The third-order valence-corrected chi connectivity index (χ3v) is 5.74. The fraction of sp³-hybridized carbons (Fsp3) is 0.280. The molecule has 1 aromatic heterocycles. The van der Waals surface area contributed by atoms with Crippen LogP contribution in [0.25, 0.3) is 0 Å². The molecular weight excluding hydrogens is 436 g/mol. The summed E-state index contributed by atoms with van der Waals surface area (Å²) in [4.78, 5) is 25.4. The molecule has 1 atom stereocenters. The number of hydrogen-bond acceptors (Lipinski definition) is 7. The van der Waals surface area contributed by atoms with Gasteiger partial charge in [0, 0.05) is 29.7 Å². The highest BCUT2D eigenvalue weighted by Crippen LogP contribution is 2.32. The van der Waals surface area contributed by atoms with E-state index < -0.39 is 5.91 Å². The van der Waals surface area contributed by atoms with Crippen LogP contribution in [0.3, 0.4) is 0 Å². The SMILES string of the molecule is CCC1CC(=O)N(Cc2ccccc2NC(=O)c2ccno2)N=C1c1ccc(OC)c(OC)c1. The smallest absolute Gasteiger partial charge is 0.294 e. The molecule has 34 heavy (non-hydrogen) atoms. The van der Waals surface area contributed by atoms with Crippen LogP contribution >= 0.6 is 0 Å². The zero-order valence-corrected chi connectivity index (χ0v) is 19.3. The van der Waals surface area contributed by atoms with Crippen molar-refractivity contribution in [3.05, 3.63) is 71.6 Å². The van der Waals surface area contributed by atoms with Gasteiger partial charge in [0.1, 0.15) is 0 Å². The number of rotatable bonds is 8. The predicted molar refractivity (Wildman–Crippen MR) is 126 cm³/mol. The van der Waals surface area contributed by atoms with Crippen LogP contribution < -0.4 is 14.8 Å². The maximum absolute atomic E-state index is 13.0. The Morgan fingerprint density at radius 1 is 1.15 bits per heavy atom. The molecule has 9 nitrogen and oxygen atoms in total. The summed E-state index contributed by atoms with van der Waals surface area (Å²) in [6.07, 6.45) is 2.52. The van der Waals surface area contributed by atoms with Crippen molar-refractivity contribution in [2.45, 2.75) is 26.3 Å². The van der Waals surface area contributed by atoms with Crippen LogP contribution in [0.2, 0.25) is 0 Å². The molecular formula is C25H26N4O5. The maximum atomic E-state index is 13.0. The van der Waals surface area contributed by atoms with Crippen LogP contribution in [-0.4, -0.2) is 41.9 Å². The molecule has 0 spiro atoms. The first kappa shape index (κ1) is 23.0. The van der Waals surface area contributed by atoms with Gasteiger partial charge in [-0.3, -0.25) is 9.59 Å². The second-order valence-corrected chi connectivity index (χ2v) is 7.80. The van der Waals surface area contributed by atoms with Crippen molar-refractivity contribution in [3.63, 3.8) is 0 Å². The summed E-state index contributed by atoms with van der Waals surface area (Å²) in [5.74, 6) is 0.816. The van der Waals surface area contributed by atoms with Crippen LogP contribution in [0.4, 0.5) is 5.69 Å². The topological polar surface area (TPSA) is 106 Å². The van der Waals surface area contributed by atoms with Gasteiger partial charge in [0.2, 0.25) is 11.7 Å². The first-order chi connectivity index (χ1) is 16.5. The molecule has 2 heterocycles. The molecule has 0 saturated carbocycles. The van der Waals surface area contributed by atoms with Gasteiger partial charge in [-0.2, -0.15) is 5.10 Å². The number of aromatic nitrogens is 1. The molecule has 1 N–H and O–H groups in total. The largest absolute Gasteiger partial charge is 0.493 e. The van der Waals surface area contributed by atoms with Gasteiger partial charge >= 0.3 is 0 Å². The summed E-state index contributed by atoms with van der Waals surface area (Å²) in [5, 5.41) is 12.6. The molecule has 0 fully saturated rings. The summed E-state index contributed by atoms with van der Waals surface area (Å²) in [6, 6.07) is 14.4. The van der Waals surface area contributed by atoms with E-state index in [9.17, 15) is 9.59 Å². The van der Waals surface area contributed by atoms with Crippen molar-refractivity contribution in [1.82, 2.24) is 10.2 Å². The maximum Gasteiger partial charge on any atom is 0.294 e. The van der Waals surface area contributed by atoms with Gasteiger partial charge in [0.25, 0.3) is 5.91 Å². The fourth-order valence-electron chi connectivity index (χ4n) is 3.89. The van der Waals surface area contributed by atoms with Gasteiger partial charge in [0.15, 0.2) is 11.5 Å². The molecule has 0 bridgehead atoms. The van der Waals surface area contributed by atoms with Crippen molar-refractivity contribution in [2.24, 2.45) is 11.0 Å². The van der Waals surface area contributed by atoms with Gasteiger partial charge in [0.05, 0.1) is 32.7 Å². The summed E-state index contributed by atoms with van der Waals surface area (Å²) in [5.41, 5.74) is 2.99. The van der Waals surface area contributed by atoms with Crippen LogP contribution in [0.1, 0.15) is 41.4 Å². The predicted octanol–water partition coefficient (Wildman–Crippen LogP) is 4.11. The molecule has 9 heteroatoms.